The van der Waals surface area contributed by atoms with E-state index in [1.807, 2.05) is 54.6 Å². The maximum absolute atomic E-state index is 6.21. The fourth-order valence-corrected chi connectivity index (χ4v) is 4.60. The molecule has 0 aliphatic heterocycles. The highest BCUT2D eigenvalue weighted by molar-refractivity contribution is 14.1. The van der Waals surface area contributed by atoms with Crippen LogP contribution in [0.3, 0.4) is 0 Å². The van der Waals surface area contributed by atoms with E-state index in [0.29, 0.717) is 0 Å². The molecule has 0 N–H and O–H groups in total. The Balaban J connectivity index is 1.42. The van der Waals surface area contributed by atoms with Crippen LogP contribution in [0.1, 0.15) is 0 Å². The Morgan fingerprint density at radius 2 is 1.31 bits per heavy atom. The molecule has 0 aliphatic rings. The van der Waals surface area contributed by atoms with Crippen LogP contribution < -0.4 is 0 Å². The fourth-order valence-electron chi connectivity index (χ4n) is 4.08. The third kappa shape index (κ3) is 3.37. The molecule has 6 rings (SSSR count). The molecule has 0 amide bonds. The van der Waals surface area contributed by atoms with E-state index in [0.717, 1.165) is 59.4 Å². The van der Waals surface area contributed by atoms with Gasteiger partial charge in [-0.15, -0.1) is 0 Å². The van der Waals surface area contributed by atoms with E-state index in [2.05, 4.69) is 76.1 Å². The molecule has 4 aromatic carbocycles. The summed E-state index contributed by atoms with van der Waals surface area (Å²) >= 11 is 2.25. The van der Waals surface area contributed by atoms with E-state index >= 15 is 0 Å². The molecule has 0 saturated heterocycles. The molecule has 0 saturated carbocycles. The first-order chi connectivity index (χ1) is 15.8. The zero-order valence-electron chi connectivity index (χ0n) is 17.0. The smallest absolute Gasteiger partial charge is 0.160 e. The summed E-state index contributed by atoms with van der Waals surface area (Å²) in [6.45, 7) is 0. The SMILES string of the molecule is Ic1cc(-c2ccc(-c3cccc4c3oc3ccccc34)cc2)nc(-c2ccccc2)n1. The lowest BCUT2D eigenvalue weighted by Gasteiger charge is -2.08. The molecule has 4 heteroatoms. The number of furan rings is 1. The predicted octanol–water partition coefficient (Wildman–Crippen LogP) is 7.98. The monoisotopic (exact) mass is 524 g/mol. The first kappa shape index (κ1) is 19.2. The first-order valence-electron chi connectivity index (χ1n) is 10.4. The third-order valence-electron chi connectivity index (χ3n) is 5.62. The van der Waals surface area contributed by atoms with Crippen LogP contribution in [0.4, 0.5) is 0 Å². The number of para-hydroxylation sites is 2. The molecule has 2 heterocycles. The second-order valence-corrected chi connectivity index (χ2v) is 8.73. The Morgan fingerprint density at radius 3 is 2.16 bits per heavy atom. The Morgan fingerprint density at radius 1 is 0.594 bits per heavy atom. The number of fused-ring (bicyclic) bond motifs is 3. The number of halogens is 1. The lowest BCUT2D eigenvalue weighted by Crippen LogP contribution is -1.95. The van der Waals surface area contributed by atoms with Crippen molar-refractivity contribution in [2.45, 2.75) is 0 Å². The summed E-state index contributed by atoms with van der Waals surface area (Å²) in [5.41, 5.74) is 7.03. The van der Waals surface area contributed by atoms with Gasteiger partial charge in [0.25, 0.3) is 0 Å². The van der Waals surface area contributed by atoms with Gasteiger partial charge in [-0.05, 0) is 40.3 Å². The van der Waals surface area contributed by atoms with Crippen LogP contribution in [-0.2, 0) is 0 Å². The number of hydrogen-bond acceptors (Lipinski definition) is 3. The lowest BCUT2D eigenvalue weighted by molar-refractivity contribution is 0.670. The Bertz CT molecular complexity index is 1570. The van der Waals surface area contributed by atoms with Gasteiger partial charge in [0.05, 0.1) is 5.69 Å². The Hall–Kier alpha value is -3.51. The summed E-state index contributed by atoms with van der Waals surface area (Å²) in [6.07, 6.45) is 0. The molecule has 0 fully saturated rings. The number of rotatable bonds is 3. The van der Waals surface area contributed by atoms with Gasteiger partial charge in [0.2, 0.25) is 0 Å². The van der Waals surface area contributed by atoms with Crippen molar-refractivity contribution in [1.29, 1.82) is 0 Å². The Labute approximate surface area is 198 Å². The van der Waals surface area contributed by atoms with E-state index in [1.165, 1.54) is 0 Å². The van der Waals surface area contributed by atoms with Crippen molar-refractivity contribution in [2.24, 2.45) is 0 Å². The lowest BCUT2D eigenvalue weighted by atomic mass is 10.0. The molecular weight excluding hydrogens is 507 g/mol. The summed E-state index contributed by atoms with van der Waals surface area (Å²) in [6, 6.07) is 35.1. The summed E-state index contributed by atoms with van der Waals surface area (Å²) < 4.78 is 7.13. The van der Waals surface area contributed by atoms with Crippen molar-refractivity contribution < 1.29 is 4.42 Å². The van der Waals surface area contributed by atoms with Gasteiger partial charge in [0.1, 0.15) is 14.9 Å². The van der Waals surface area contributed by atoms with E-state index in [-0.39, 0.29) is 0 Å². The molecule has 152 valence electrons. The minimum absolute atomic E-state index is 0.739. The molecular formula is C28H17IN2O. The number of benzene rings is 4. The number of aromatic nitrogens is 2. The third-order valence-corrected chi connectivity index (χ3v) is 6.18. The summed E-state index contributed by atoms with van der Waals surface area (Å²) in [5, 5.41) is 2.28. The highest BCUT2D eigenvalue weighted by Crippen LogP contribution is 2.36. The molecule has 0 bridgehead atoms. The molecule has 0 aliphatic carbocycles. The van der Waals surface area contributed by atoms with Gasteiger partial charge < -0.3 is 4.42 Å². The van der Waals surface area contributed by atoms with Gasteiger partial charge in [-0.2, -0.15) is 0 Å². The second kappa shape index (κ2) is 7.88. The second-order valence-electron chi connectivity index (χ2n) is 7.62. The fraction of sp³-hybridized carbons (Fsp3) is 0. The maximum Gasteiger partial charge on any atom is 0.160 e. The van der Waals surface area contributed by atoms with E-state index in [9.17, 15) is 0 Å². The zero-order valence-corrected chi connectivity index (χ0v) is 19.2. The number of nitrogens with zero attached hydrogens (tertiary/aromatic N) is 2. The standard InChI is InChI=1S/C28H17IN2O/c29-26-17-24(30-28(31-26)20-7-2-1-3-8-20)19-15-13-18(14-16-19)21-10-6-11-23-22-9-4-5-12-25(22)32-27(21)23/h1-17H. The molecule has 0 radical (unpaired) electrons. The van der Waals surface area contributed by atoms with Crippen LogP contribution in [0, 0.1) is 3.70 Å². The largest absolute Gasteiger partial charge is 0.455 e. The maximum atomic E-state index is 6.21. The van der Waals surface area contributed by atoms with Crippen LogP contribution in [0.2, 0.25) is 0 Å². The highest BCUT2D eigenvalue weighted by atomic mass is 127. The minimum Gasteiger partial charge on any atom is -0.455 e. The first-order valence-corrected chi connectivity index (χ1v) is 11.5. The van der Waals surface area contributed by atoms with E-state index < -0.39 is 0 Å². The van der Waals surface area contributed by atoms with E-state index in [1.54, 1.807) is 0 Å². The average molecular weight is 524 g/mol. The zero-order chi connectivity index (χ0) is 21.5. The molecule has 0 atom stereocenters. The Kier molecular flexibility index (Phi) is 4.72. The topological polar surface area (TPSA) is 38.9 Å². The van der Waals surface area contributed by atoms with E-state index in [4.69, 9.17) is 9.40 Å². The van der Waals surface area contributed by atoms with Crippen molar-refractivity contribution in [3.63, 3.8) is 0 Å². The molecule has 32 heavy (non-hydrogen) atoms. The predicted molar refractivity (Wildman–Crippen MR) is 138 cm³/mol. The van der Waals surface area contributed by atoms with Crippen molar-refractivity contribution in [3.8, 4) is 33.8 Å². The van der Waals surface area contributed by atoms with Crippen molar-refractivity contribution >= 4 is 44.5 Å². The van der Waals surface area contributed by atoms with Crippen LogP contribution in [0.15, 0.2) is 108 Å². The van der Waals surface area contributed by atoms with Gasteiger partial charge in [-0.3, -0.25) is 0 Å². The highest BCUT2D eigenvalue weighted by Gasteiger charge is 2.12. The molecule has 2 aromatic heterocycles. The average Bonchev–Trinajstić information content (AvgIpc) is 3.23. The van der Waals surface area contributed by atoms with Crippen LogP contribution in [0.5, 0.6) is 0 Å². The van der Waals surface area contributed by atoms with Crippen LogP contribution in [-0.4, -0.2) is 9.97 Å². The van der Waals surface area contributed by atoms with Gasteiger partial charge >= 0.3 is 0 Å². The van der Waals surface area contributed by atoms with Gasteiger partial charge in [0.15, 0.2) is 5.82 Å². The quantitative estimate of drug-likeness (QED) is 0.174. The van der Waals surface area contributed by atoms with Crippen molar-refractivity contribution in [3.05, 3.63) is 107 Å². The van der Waals surface area contributed by atoms with Gasteiger partial charge in [-0.1, -0.05) is 91.0 Å². The molecule has 3 nitrogen and oxygen atoms in total. The number of hydrogen-bond donors (Lipinski definition) is 0. The normalized spacial score (nSPS) is 11.3. The molecule has 0 spiro atoms. The summed E-state index contributed by atoms with van der Waals surface area (Å²) in [7, 11) is 0. The van der Waals surface area contributed by atoms with Crippen LogP contribution >= 0.6 is 22.6 Å². The van der Waals surface area contributed by atoms with Gasteiger partial charge in [0, 0.05) is 27.5 Å². The summed E-state index contributed by atoms with van der Waals surface area (Å²) in [5.74, 6) is 0.739. The van der Waals surface area contributed by atoms with Crippen molar-refractivity contribution in [1.82, 2.24) is 9.97 Å². The van der Waals surface area contributed by atoms with Crippen molar-refractivity contribution in [2.75, 3.05) is 0 Å². The minimum atomic E-state index is 0.739. The van der Waals surface area contributed by atoms with Crippen LogP contribution in [0.25, 0.3) is 55.7 Å². The molecule has 0 unspecified atom stereocenters. The summed E-state index contributed by atoms with van der Waals surface area (Å²) in [4.78, 5) is 9.43. The molecule has 6 aromatic rings. The van der Waals surface area contributed by atoms with Gasteiger partial charge in [-0.25, -0.2) is 9.97 Å².